The van der Waals surface area contributed by atoms with Crippen molar-refractivity contribution in [3.63, 3.8) is 0 Å². The van der Waals surface area contributed by atoms with Gasteiger partial charge in [-0.05, 0) is 0 Å². The molecular weight excluding hydrogens is 4390 g/mol. The molecule has 822 valence electrons. The van der Waals surface area contributed by atoms with Gasteiger partial charge < -0.3 is 0 Å². The van der Waals surface area contributed by atoms with E-state index in [9.17, 15) is 0 Å². The summed E-state index contributed by atoms with van der Waals surface area (Å²) in [5.74, 6) is 0. The molecule has 0 bridgehead atoms. The van der Waals surface area contributed by atoms with Gasteiger partial charge in [0.2, 0.25) is 0 Å². The fraction of sp³-hybridized carbons (Fsp3) is 0. The second-order valence-corrected chi connectivity index (χ2v) is 248. The summed E-state index contributed by atoms with van der Waals surface area (Å²) < 4.78 is 0. The number of hydrogen-bond acceptors (Lipinski definition) is 2. The molecule has 0 aliphatic carbocycles. The van der Waals surface area contributed by atoms with E-state index in [0.717, 1.165) is 0 Å². The minimum Gasteiger partial charge on any atom is 0 e. The maximum atomic E-state index is 4.84. The van der Waals surface area contributed by atoms with Gasteiger partial charge in [0, 0.05) is 1220 Å². The Kier molecular flexibility index (Phi) is 203. The van der Waals surface area contributed by atoms with Gasteiger partial charge in [-0.1, -0.05) is 0 Å². The molecule has 137 heavy (non-hydrogen) atoms. The van der Waals surface area contributed by atoms with Crippen molar-refractivity contribution in [1.29, 1.82) is 0 Å². The third kappa shape index (κ3) is 166. The van der Waals surface area contributed by atoms with Crippen molar-refractivity contribution in [1.82, 2.24) is 0 Å². The first-order chi connectivity index (χ1) is 68.4. The van der Waals surface area contributed by atoms with Crippen LogP contribution in [0, 0.1) is 0 Å². The fourth-order valence-electron chi connectivity index (χ4n) is 1.51. The van der Waals surface area contributed by atoms with Crippen LogP contribution in [-0.4, -0.2) is 0 Å². The Balaban J connectivity index is 6.21. The molecule has 0 aromatic heterocycles. The van der Waals surface area contributed by atoms with Crippen LogP contribution in [0.4, 0.5) is 0 Å². The van der Waals surface area contributed by atoms with Crippen LogP contribution in [0.15, 0.2) is 0 Å². The van der Waals surface area contributed by atoms with E-state index in [1.165, 1.54) is 17.8 Å². The van der Waals surface area contributed by atoms with Gasteiger partial charge in [0.25, 0.3) is 0 Å². The first kappa shape index (κ1) is 167. The van der Waals surface area contributed by atoms with Crippen molar-refractivity contribution in [3.8, 4) is 0 Å². The molecule has 0 radical (unpaired) electrons. The average molecular weight is 4390 g/mol. The molecule has 0 saturated carbocycles. The van der Waals surface area contributed by atoms with E-state index in [2.05, 4.69) is 0 Å². The molecule has 0 aromatic carbocycles. The van der Waals surface area contributed by atoms with Crippen LogP contribution < -0.4 is 0 Å². The molecule has 0 unspecified atom stereocenters. The highest BCUT2D eigenvalue weighted by atomic mass is 33.6. The molecule has 0 spiro atoms. The predicted molar refractivity (Wildman–Crippen MR) is 1010 cm³/mol. The molecule has 0 aliphatic rings. The molecule has 0 aromatic rings. The van der Waals surface area contributed by atoms with Gasteiger partial charge in [0.1, 0.15) is 0 Å². The first-order valence-electron chi connectivity index (χ1n) is 22.7. The minimum absolute atomic E-state index is 1.37. The maximum absolute atomic E-state index is 4.84. The van der Waals surface area contributed by atoms with Crippen LogP contribution in [0.3, 0.4) is 0 Å². The van der Waals surface area contributed by atoms with Gasteiger partial charge in [0.05, 0.1) is 0 Å². The fourth-order valence-corrected chi connectivity index (χ4v) is 367. The Morgan fingerprint density at radius 1 is 0.0365 bits per heavy atom. The van der Waals surface area contributed by atoms with E-state index in [1.54, 1.807) is 107 Å². The zero-order valence-electron chi connectivity index (χ0n) is 55.9. The lowest BCUT2D eigenvalue weighted by Gasteiger charge is -1.41. The second-order valence-electron chi connectivity index (χ2n) is 9.19. The average Bonchev–Trinajstić information content (AvgIpc) is 1.11. The molecule has 0 rings (SSSR count). The SMILES string of the molecule is S=S=S=S=S=S=S=S=S=S=S=S=S=S=S=S=S=S=S=S=S=S=S=S=S=S=S=S=S=S=S=S=S=S=S=S=S=S=S=S=S=S=S=S=S=S=S=S=S=S=S=S=S=S=S=S=S=S=S=S=S=S=S=S=S=S=S=S=S=S=S=S=S=S=S=S=S=S=S=S=S=S=S=S=S=S=S=S=S=S=S=S=S=S=S=S=S=S=S=S=S=S=S=S=S=S=S=S=S=S=S=S=S=S=S=S=S=S=S=S=S=S=S=S=S=S=S=S=S=S=S=S=S=S=S=S=S. The molecule has 0 nitrogen and oxygen atoms in total. The van der Waals surface area contributed by atoms with E-state index >= 15 is 0 Å². The molecule has 0 amide bonds. The van der Waals surface area contributed by atoms with E-state index in [0.29, 0.717) is 0 Å². The number of rotatable bonds is 0. The summed E-state index contributed by atoms with van der Waals surface area (Å²) in [6.07, 6.45) is 0. The van der Waals surface area contributed by atoms with Crippen molar-refractivity contribution in [2.45, 2.75) is 0 Å². The van der Waals surface area contributed by atoms with Crippen molar-refractivity contribution >= 4 is 1220 Å². The largest absolute Gasteiger partial charge is 0 e. The van der Waals surface area contributed by atoms with E-state index < -0.39 is 0 Å². The summed E-state index contributed by atoms with van der Waals surface area (Å²) in [7, 11) is 245. The summed E-state index contributed by atoms with van der Waals surface area (Å²) >= 11 is 9.67. The van der Waals surface area contributed by atoms with Crippen LogP contribution in [0.1, 0.15) is 0 Å². The number of hydrogen-bond donors (Lipinski definition) is 0. The molecule has 0 saturated heterocycles. The van der Waals surface area contributed by atoms with E-state index in [4.69, 9.17) is 22.4 Å². The molecule has 0 atom stereocenters. The van der Waals surface area contributed by atoms with Crippen LogP contribution in [0.25, 0.3) is 0 Å². The van der Waals surface area contributed by atoms with Crippen molar-refractivity contribution in [2.75, 3.05) is 0 Å². The summed E-state index contributed by atoms with van der Waals surface area (Å²) in [5, 5.41) is 0. The van der Waals surface area contributed by atoms with Crippen LogP contribution in [0.2, 0.25) is 0 Å². The zero-order valence-corrected chi connectivity index (χ0v) is 168. The molecule has 0 heterocycles. The van der Waals surface area contributed by atoms with Crippen molar-refractivity contribution in [2.24, 2.45) is 0 Å². The zero-order chi connectivity index (χ0) is 97.5. The second kappa shape index (κ2) is 166. The Bertz CT molecular complexity index is 10200. The Morgan fingerprint density at radius 2 is 0.0584 bits per heavy atom. The topological polar surface area (TPSA) is 0 Å². The van der Waals surface area contributed by atoms with Gasteiger partial charge in [-0.15, -0.1) is 0 Å². The first-order valence-corrected chi connectivity index (χ1v) is 204. The van der Waals surface area contributed by atoms with Gasteiger partial charge in [-0.3, -0.25) is 0 Å². The van der Waals surface area contributed by atoms with Gasteiger partial charge in [-0.25, -0.2) is 0 Å². The third-order valence-electron chi connectivity index (χ3n) is 3.72. The van der Waals surface area contributed by atoms with Gasteiger partial charge >= 0.3 is 0 Å². The molecule has 0 aliphatic heterocycles. The van der Waals surface area contributed by atoms with Crippen molar-refractivity contribution in [3.05, 3.63) is 0 Å². The Hall–Kier alpha value is 30.1. The summed E-state index contributed by atoms with van der Waals surface area (Å²) in [6, 6.07) is 0. The van der Waals surface area contributed by atoms with E-state index in [-0.39, 0.29) is 0 Å². The van der Waals surface area contributed by atoms with Crippen LogP contribution in [-0.2, 0) is 1220 Å². The van der Waals surface area contributed by atoms with Crippen LogP contribution >= 0.6 is 0 Å². The monoisotopic (exact) mass is 4380 g/mol. The Morgan fingerprint density at radius 3 is 0.0803 bits per heavy atom. The smallest absolute Gasteiger partial charge is 0 e. The maximum Gasteiger partial charge on any atom is 0 e. The predicted octanol–water partition coefficient (Wildman–Crippen LogP) is -0.329. The molecule has 0 N–H and O–H groups in total. The Labute approximate surface area is 1180 Å². The standard InChI is InChI=1S/S137/c1-3-5-7-9-11-13-15-17-19-21-23-25-27-29-31-33-35-37-39-41-43-45-47-49-51-53-55-57-59-61-63-65-67-69-71-73-75-77-79-81-83-85-87-89-91-93-95-97-99-101-103-105-107-109-111-113-115-117-119-121-123-125-127-129-131-133-135-137-136-134-132-130-128-126-124-122-120-118-116-114-112-110-108-106-104-102-100-98-96-94-92-90-88-86-84-82-80-78-76-74-72-70-68-66-64-62-60-58-56-54-52-50-48-46-44-42-40-38-36-34-32-30-28-26-24-22-20-18-16-14-12-10-8-6-4-2. The summed E-state index contributed by atoms with van der Waals surface area (Å²) in [5.41, 5.74) is 0. The summed E-state index contributed by atoms with van der Waals surface area (Å²) in [6.45, 7) is 0. The highest BCUT2D eigenvalue weighted by Crippen LogP contribution is 1.54. The molecular formula is S137. The van der Waals surface area contributed by atoms with Gasteiger partial charge in [0.15, 0.2) is 0 Å². The lowest BCUT2D eigenvalue weighted by atomic mass is 30.7. The molecule has 0 fully saturated rings. The third-order valence-corrected chi connectivity index (χ3v) is 301. The van der Waals surface area contributed by atoms with E-state index in [1.807, 2.05) is 1070 Å². The quantitative estimate of drug-likeness (QED) is 0.327. The molecule has 137 heteroatoms. The van der Waals surface area contributed by atoms with Crippen molar-refractivity contribution < 1.29 is 0 Å². The highest BCUT2D eigenvalue weighted by molar-refractivity contribution is 8.91. The van der Waals surface area contributed by atoms with Gasteiger partial charge in [-0.2, -0.15) is 0 Å². The lowest BCUT2D eigenvalue weighted by molar-refractivity contribution is 5.95. The lowest BCUT2D eigenvalue weighted by Crippen LogP contribution is -1.42. The summed E-state index contributed by atoms with van der Waals surface area (Å²) in [4.78, 5) is 0. The minimum atomic E-state index is 1.37. The highest BCUT2D eigenvalue weighted by Gasteiger charge is 1.54. The van der Waals surface area contributed by atoms with Crippen LogP contribution in [0.5, 0.6) is 0 Å². The normalized spacial score (nSPS) is 7.91.